The summed E-state index contributed by atoms with van der Waals surface area (Å²) in [5, 5.41) is 35.5. The van der Waals surface area contributed by atoms with E-state index in [1.165, 1.54) is 6.92 Å². The van der Waals surface area contributed by atoms with E-state index in [9.17, 15) is 62.6 Å². The van der Waals surface area contributed by atoms with E-state index >= 15 is 0 Å². The minimum Gasteiger partial charge on any atom is -0.480 e. The number of nitrogens with zero attached hydrogens (tertiary/aromatic N) is 6. The summed E-state index contributed by atoms with van der Waals surface area (Å²) in [5.74, 6) is -13.2. The van der Waals surface area contributed by atoms with E-state index in [0.29, 0.717) is 12.8 Å². The fourth-order valence-corrected chi connectivity index (χ4v) is 9.45. The van der Waals surface area contributed by atoms with Gasteiger partial charge in [-0.25, -0.2) is 4.79 Å². The van der Waals surface area contributed by atoms with E-state index in [1.807, 2.05) is 0 Å². The minimum atomic E-state index is -1.73. The van der Waals surface area contributed by atoms with Crippen LogP contribution < -0.4 is 145 Å². The van der Waals surface area contributed by atoms with Gasteiger partial charge < -0.3 is 150 Å². The molecule has 10 atom stereocenters. The molecule has 0 spiro atoms. The number of aliphatic carboxylic acids is 1. The molecule has 0 radical (unpaired) electrons. The Labute approximate surface area is 597 Å². The lowest BCUT2D eigenvalue weighted by Crippen LogP contribution is -2.60. The molecule has 0 saturated heterocycles. The number of carbonyl (C=O) groups excluding carboxylic acids is 11. The Kier molecular flexibility index (Phi) is 47.5. The maximum atomic E-state index is 14.8. The highest BCUT2D eigenvalue weighted by Crippen LogP contribution is 2.13. The van der Waals surface area contributed by atoms with Crippen LogP contribution in [0.5, 0.6) is 0 Å². The van der Waals surface area contributed by atoms with Crippen molar-refractivity contribution in [3.05, 3.63) is 0 Å². The van der Waals surface area contributed by atoms with Crippen molar-refractivity contribution in [1.82, 2.24) is 53.2 Å². The van der Waals surface area contributed by atoms with Crippen LogP contribution in [-0.2, 0) is 57.5 Å². The number of hydrogen-bond acceptors (Lipinski definition) is 21. The van der Waals surface area contributed by atoms with Crippen LogP contribution in [0.2, 0.25) is 0 Å². The molecule has 0 aromatic rings. The lowest BCUT2D eigenvalue weighted by molar-refractivity contribution is -0.142. The number of rotatable bonds is 56. The van der Waals surface area contributed by atoms with Crippen LogP contribution in [-0.4, -0.2) is 231 Å². The molecular formula is C58H114N32O13. The third kappa shape index (κ3) is 44.8. The average Bonchev–Trinajstić information content (AvgIpc) is 0.862. The molecule has 0 bridgehead atoms. The van der Waals surface area contributed by atoms with Crippen LogP contribution in [0, 0.1) is 0 Å². The van der Waals surface area contributed by atoms with E-state index in [4.69, 9.17) is 91.7 Å². The fraction of sp³-hybridized carbons (Fsp3) is 0.690. The van der Waals surface area contributed by atoms with E-state index in [-0.39, 0.29) is 191 Å². The molecule has 45 nitrogen and oxygen atoms in total. The fourth-order valence-electron chi connectivity index (χ4n) is 9.45. The number of nitrogens with one attached hydrogen (secondary N) is 10. The first kappa shape index (κ1) is 92.1. The molecule has 0 fully saturated rings. The first-order valence-corrected chi connectivity index (χ1v) is 33.6. The Morgan fingerprint density at radius 2 is 0.515 bits per heavy atom. The summed E-state index contributed by atoms with van der Waals surface area (Å²) in [6, 6.07) is -14.5. The third-order valence-electron chi connectivity index (χ3n) is 14.8. The first-order chi connectivity index (χ1) is 48.6. The van der Waals surface area contributed by atoms with Gasteiger partial charge in [0.2, 0.25) is 65.0 Å². The SMILES string of the molecule is C[C@H](N)C(=O)NCC(=O)N[C@@H](CCCN=C(N)N)C(=O)N[C@@H](CCCCN)C(=O)N[C@@H](CCCCN)C(=O)N[C@@H](CCCN=C(N)N)C(=O)N[C@@H](CCCN=C(N)N)C(=O)N[C@@H](CCC(N)=O)C(=O)N[C@@H](CCCN=C(N)N)C(=O)N[C@@H](CCCN=C(N)N)C(=O)N[C@@H](CCCN=C(N)N)C(=O)O. The Balaban J connectivity index is 7.65. The van der Waals surface area contributed by atoms with Gasteiger partial charge in [0.15, 0.2) is 35.8 Å². The number of amides is 11. The minimum absolute atomic E-state index is 0.00283. The molecule has 0 saturated carbocycles. The van der Waals surface area contributed by atoms with Crippen molar-refractivity contribution in [2.24, 2.45) is 122 Å². The van der Waals surface area contributed by atoms with Gasteiger partial charge in [-0.2, -0.15) is 0 Å². The molecule has 0 unspecified atom stereocenters. The second-order valence-electron chi connectivity index (χ2n) is 23.7. The quantitative estimate of drug-likeness (QED) is 0.0153. The highest BCUT2D eigenvalue weighted by Gasteiger charge is 2.36. The van der Waals surface area contributed by atoms with Crippen molar-refractivity contribution < 1.29 is 62.6 Å². The van der Waals surface area contributed by atoms with Crippen molar-refractivity contribution in [2.75, 3.05) is 58.9 Å². The van der Waals surface area contributed by atoms with Crippen LogP contribution >= 0.6 is 0 Å². The van der Waals surface area contributed by atoms with Gasteiger partial charge in [0.25, 0.3) is 0 Å². The second kappa shape index (κ2) is 53.1. The van der Waals surface area contributed by atoms with Gasteiger partial charge >= 0.3 is 5.97 Å². The molecule has 0 rings (SSSR count). The van der Waals surface area contributed by atoms with Crippen molar-refractivity contribution in [3.8, 4) is 0 Å². The Bertz CT molecular complexity index is 2890. The zero-order chi connectivity index (χ0) is 78.0. The lowest BCUT2D eigenvalue weighted by atomic mass is 10.0. The Morgan fingerprint density at radius 3 is 0.728 bits per heavy atom. The van der Waals surface area contributed by atoms with Crippen LogP contribution in [0.4, 0.5) is 0 Å². The summed E-state index contributed by atoms with van der Waals surface area (Å²) in [5.41, 5.74) is 88.9. The predicted octanol–water partition coefficient (Wildman–Crippen LogP) is -12.3. The first-order valence-electron chi connectivity index (χ1n) is 33.6. The molecule has 0 aliphatic carbocycles. The number of aliphatic imine (C=N–C) groups is 6. The molecule has 0 aromatic heterocycles. The summed E-state index contributed by atoms with van der Waals surface area (Å²) < 4.78 is 0. The smallest absolute Gasteiger partial charge is 0.326 e. The van der Waals surface area contributed by atoms with E-state index in [0.717, 1.165) is 0 Å². The number of nitrogens with two attached hydrogens (primary N) is 16. The summed E-state index contributed by atoms with van der Waals surface area (Å²) >= 11 is 0. The highest BCUT2D eigenvalue weighted by molar-refractivity contribution is 5.99. The zero-order valence-corrected chi connectivity index (χ0v) is 58.5. The molecule has 0 aromatic carbocycles. The highest BCUT2D eigenvalue weighted by atomic mass is 16.4. The van der Waals surface area contributed by atoms with Crippen molar-refractivity contribution in [1.29, 1.82) is 0 Å². The van der Waals surface area contributed by atoms with Gasteiger partial charge in [0.1, 0.15) is 54.4 Å². The number of carboxylic acid groups (broad SMARTS) is 1. The largest absolute Gasteiger partial charge is 0.480 e. The number of hydrogen-bond donors (Lipinski definition) is 27. The number of primary amides is 1. The average molecular weight is 1470 g/mol. The summed E-state index contributed by atoms with van der Waals surface area (Å²) in [4.78, 5) is 189. The van der Waals surface area contributed by atoms with Crippen LogP contribution in [0.1, 0.15) is 135 Å². The zero-order valence-electron chi connectivity index (χ0n) is 58.5. The summed E-state index contributed by atoms with van der Waals surface area (Å²) in [6.07, 6.45) is -0.645. The molecule has 45 heteroatoms. The summed E-state index contributed by atoms with van der Waals surface area (Å²) in [6.45, 7) is 0.983. The van der Waals surface area contributed by atoms with Crippen LogP contribution in [0.15, 0.2) is 30.0 Å². The van der Waals surface area contributed by atoms with E-state index in [1.54, 1.807) is 0 Å². The Morgan fingerprint density at radius 1 is 0.301 bits per heavy atom. The molecule has 0 aliphatic rings. The van der Waals surface area contributed by atoms with Gasteiger partial charge in [0, 0.05) is 45.7 Å². The molecule has 0 aliphatic heterocycles. The van der Waals surface area contributed by atoms with Gasteiger partial charge in [-0.1, -0.05) is 0 Å². The van der Waals surface area contributed by atoms with E-state index in [2.05, 4.69) is 83.1 Å². The Hall–Kier alpha value is -10.9. The normalized spacial score (nSPS) is 13.6. The predicted molar refractivity (Wildman–Crippen MR) is 385 cm³/mol. The van der Waals surface area contributed by atoms with Gasteiger partial charge in [0.05, 0.1) is 12.6 Å². The molecule has 43 N–H and O–H groups in total. The van der Waals surface area contributed by atoms with Crippen molar-refractivity contribution in [2.45, 2.75) is 196 Å². The molecule has 584 valence electrons. The molecule has 0 heterocycles. The van der Waals surface area contributed by atoms with Crippen LogP contribution in [0.3, 0.4) is 0 Å². The number of guanidine groups is 6. The van der Waals surface area contributed by atoms with Crippen molar-refractivity contribution >= 4 is 107 Å². The molecular weight excluding hydrogens is 1350 g/mol. The van der Waals surface area contributed by atoms with Gasteiger partial charge in [-0.15, -0.1) is 0 Å². The second-order valence-corrected chi connectivity index (χ2v) is 23.7. The topological polar surface area (TPSA) is 836 Å². The number of carboxylic acids is 1. The molecule has 11 amide bonds. The van der Waals surface area contributed by atoms with E-state index < -0.39 is 151 Å². The standard InChI is InChI=1S/C58H114N32O13/c1-31(61)43(93)81-30-42(92)82-32(14-6-24-75-53(63)64)44(94)83-33(12-2-4-22-59)45(95)84-34(13-3-5-23-60)46(96)85-35(15-7-25-76-54(65)66)47(97)86-37(17-9-27-78-56(69)70)49(99)89-39(20-21-41(62)91)51(101)88-36(16-8-26-77-55(67)68)48(98)87-38(18-10-28-79-57(71)72)50(100)90-40(52(102)103)19-11-29-80-58(73)74/h31-40H,2-30,59-61H2,1H3,(H2,62,91)(H,81,93)(H,82,92)(H,83,94)(H,84,95)(H,85,96)(H,86,97)(H,87,98)(H,88,101)(H,89,99)(H,90,100)(H,102,103)(H4,63,64,75)(H4,65,66,76)(H4,67,68,77)(H4,69,70,78)(H4,71,72,79)(H4,73,74,80)/t31-,32-,33-,34-,35-,36-,37-,38-,39-,40-/m0/s1. The van der Waals surface area contributed by atoms with Crippen molar-refractivity contribution in [3.63, 3.8) is 0 Å². The maximum absolute atomic E-state index is 14.8. The monoisotopic (exact) mass is 1470 g/mol. The lowest BCUT2D eigenvalue weighted by Gasteiger charge is -2.28. The number of unbranched alkanes of at least 4 members (excludes halogenated alkanes) is 2. The van der Waals surface area contributed by atoms with Gasteiger partial charge in [-0.05, 0) is 142 Å². The summed E-state index contributed by atoms with van der Waals surface area (Å²) in [7, 11) is 0. The third-order valence-corrected chi connectivity index (χ3v) is 14.8. The maximum Gasteiger partial charge on any atom is 0.326 e. The van der Waals surface area contributed by atoms with Gasteiger partial charge in [-0.3, -0.25) is 82.7 Å². The number of carbonyl (C=O) groups is 12. The molecule has 103 heavy (non-hydrogen) atoms. The van der Waals surface area contributed by atoms with Crippen LogP contribution in [0.25, 0.3) is 0 Å².